The molecule has 2 aromatic heterocycles. The molecule has 0 bridgehead atoms. The third-order valence-electron chi connectivity index (χ3n) is 4.51. The molecule has 1 aliphatic rings. The molecule has 0 atom stereocenters. The molecule has 3 heterocycles. The Balaban J connectivity index is 1.59. The number of hydrogen-bond acceptors (Lipinski definition) is 6. The number of anilines is 2. The Labute approximate surface area is 174 Å². The van der Waals surface area contributed by atoms with Crippen LogP contribution < -0.4 is 10.2 Å². The van der Waals surface area contributed by atoms with Crippen LogP contribution in [-0.2, 0) is 10.9 Å². The fourth-order valence-electron chi connectivity index (χ4n) is 3.00. The lowest BCUT2D eigenvalue weighted by molar-refractivity contribution is -0.137. The zero-order valence-corrected chi connectivity index (χ0v) is 16.5. The van der Waals surface area contributed by atoms with Crippen molar-refractivity contribution in [3.05, 3.63) is 59.8 Å². The van der Waals surface area contributed by atoms with Gasteiger partial charge in [-0.1, -0.05) is 17.4 Å². The van der Waals surface area contributed by atoms with E-state index in [0.717, 1.165) is 29.3 Å². The minimum absolute atomic E-state index is 0.116. The highest BCUT2D eigenvalue weighted by molar-refractivity contribution is 7.20. The van der Waals surface area contributed by atoms with Crippen molar-refractivity contribution in [3.8, 4) is 11.4 Å². The molecule has 3 aromatic rings. The predicted molar refractivity (Wildman–Crippen MR) is 108 cm³/mol. The Morgan fingerprint density at radius 3 is 2.47 bits per heavy atom. The molecule has 30 heavy (non-hydrogen) atoms. The van der Waals surface area contributed by atoms with Crippen LogP contribution in [0.1, 0.15) is 15.9 Å². The van der Waals surface area contributed by atoms with Gasteiger partial charge in [0.15, 0.2) is 5.13 Å². The van der Waals surface area contributed by atoms with Crippen LogP contribution >= 0.6 is 11.3 Å². The van der Waals surface area contributed by atoms with Gasteiger partial charge in [-0.25, -0.2) is 4.98 Å². The van der Waals surface area contributed by atoms with Gasteiger partial charge in [-0.05, 0) is 36.4 Å². The van der Waals surface area contributed by atoms with Crippen LogP contribution in [0.5, 0.6) is 0 Å². The third-order valence-corrected chi connectivity index (χ3v) is 5.54. The number of carbonyl (C=O) groups is 1. The molecule has 0 unspecified atom stereocenters. The number of aromatic nitrogens is 2. The SMILES string of the molecule is O=C(Nc1nc(-c2ccccn2)c(N2CCOCC2)s1)c1ccc(C(F)(F)F)cc1. The maximum absolute atomic E-state index is 12.7. The molecule has 156 valence electrons. The lowest BCUT2D eigenvalue weighted by Gasteiger charge is -2.27. The van der Waals surface area contributed by atoms with Crippen molar-refractivity contribution in [2.24, 2.45) is 0 Å². The number of hydrogen-bond donors (Lipinski definition) is 1. The van der Waals surface area contributed by atoms with Gasteiger partial charge in [0, 0.05) is 24.8 Å². The molecule has 0 aliphatic carbocycles. The Morgan fingerprint density at radius 1 is 1.10 bits per heavy atom. The predicted octanol–water partition coefficient (Wildman–Crippen LogP) is 4.31. The lowest BCUT2D eigenvalue weighted by atomic mass is 10.1. The van der Waals surface area contributed by atoms with Crippen molar-refractivity contribution >= 4 is 27.4 Å². The van der Waals surface area contributed by atoms with Gasteiger partial charge in [0.2, 0.25) is 0 Å². The molecule has 4 rings (SSSR count). The van der Waals surface area contributed by atoms with Crippen molar-refractivity contribution in [1.29, 1.82) is 0 Å². The minimum atomic E-state index is -4.45. The van der Waals surface area contributed by atoms with Gasteiger partial charge in [-0.3, -0.25) is 15.1 Å². The zero-order chi connectivity index (χ0) is 21.1. The van der Waals surface area contributed by atoms with Crippen LogP contribution in [0, 0.1) is 0 Å². The van der Waals surface area contributed by atoms with Crippen LogP contribution in [0.2, 0.25) is 0 Å². The highest BCUT2D eigenvalue weighted by Crippen LogP contribution is 2.38. The number of alkyl halides is 3. The molecular formula is C20H17F3N4O2S. The first-order valence-electron chi connectivity index (χ1n) is 9.15. The van der Waals surface area contributed by atoms with E-state index in [4.69, 9.17) is 4.74 Å². The number of nitrogens with one attached hydrogen (secondary N) is 1. The normalized spacial score (nSPS) is 14.6. The quantitative estimate of drug-likeness (QED) is 0.663. The fraction of sp³-hybridized carbons (Fsp3) is 0.250. The van der Waals surface area contributed by atoms with E-state index in [2.05, 4.69) is 20.2 Å². The van der Waals surface area contributed by atoms with E-state index < -0.39 is 17.6 Å². The van der Waals surface area contributed by atoms with Gasteiger partial charge in [0.1, 0.15) is 10.7 Å². The number of benzene rings is 1. The van der Waals surface area contributed by atoms with E-state index in [9.17, 15) is 18.0 Å². The van der Waals surface area contributed by atoms with Crippen molar-refractivity contribution in [3.63, 3.8) is 0 Å². The average molecular weight is 434 g/mol. The molecule has 6 nitrogen and oxygen atoms in total. The van der Waals surface area contributed by atoms with E-state index in [1.807, 2.05) is 12.1 Å². The molecule has 10 heteroatoms. The number of carbonyl (C=O) groups excluding carboxylic acids is 1. The highest BCUT2D eigenvalue weighted by Gasteiger charge is 2.30. The second kappa shape index (κ2) is 8.41. The number of halogens is 3. The van der Waals surface area contributed by atoms with E-state index in [-0.39, 0.29) is 5.56 Å². The number of pyridine rings is 1. The smallest absolute Gasteiger partial charge is 0.378 e. The number of ether oxygens (including phenoxy) is 1. The molecular weight excluding hydrogens is 417 g/mol. The Morgan fingerprint density at radius 2 is 1.83 bits per heavy atom. The van der Waals surface area contributed by atoms with Gasteiger partial charge in [0.25, 0.3) is 5.91 Å². The van der Waals surface area contributed by atoms with Gasteiger partial charge < -0.3 is 9.64 Å². The molecule has 0 spiro atoms. The summed E-state index contributed by atoms with van der Waals surface area (Å²) in [5, 5.41) is 3.90. The summed E-state index contributed by atoms with van der Waals surface area (Å²) in [7, 11) is 0. The molecule has 0 radical (unpaired) electrons. The first kappa shape index (κ1) is 20.3. The molecule has 1 fully saturated rings. The van der Waals surface area contributed by atoms with Crippen molar-refractivity contribution in [2.45, 2.75) is 6.18 Å². The highest BCUT2D eigenvalue weighted by atomic mass is 32.1. The zero-order valence-electron chi connectivity index (χ0n) is 15.6. The summed E-state index contributed by atoms with van der Waals surface area (Å²) in [6.45, 7) is 2.56. The van der Waals surface area contributed by atoms with Gasteiger partial charge in [-0.15, -0.1) is 0 Å². The van der Waals surface area contributed by atoms with E-state index >= 15 is 0 Å². The standard InChI is InChI=1S/C20H17F3N4O2S/c21-20(22,23)14-6-4-13(5-7-14)17(28)26-19-25-16(15-3-1-2-8-24-15)18(30-19)27-9-11-29-12-10-27/h1-8H,9-12H2,(H,25,26,28). The Kier molecular flexibility index (Phi) is 5.69. The Hall–Kier alpha value is -2.98. The summed E-state index contributed by atoms with van der Waals surface area (Å²) in [5.41, 5.74) is 0.626. The topological polar surface area (TPSA) is 67.4 Å². The van der Waals surface area contributed by atoms with Gasteiger partial charge in [-0.2, -0.15) is 13.2 Å². The molecule has 0 saturated carbocycles. The summed E-state index contributed by atoms with van der Waals surface area (Å²) in [6, 6.07) is 9.55. The number of rotatable bonds is 4. The summed E-state index contributed by atoms with van der Waals surface area (Å²) in [5.74, 6) is -0.529. The van der Waals surface area contributed by atoms with Crippen LogP contribution in [0.4, 0.5) is 23.3 Å². The summed E-state index contributed by atoms with van der Waals surface area (Å²) in [4.78, 5) is 23.6. The minimum Gasteiger partial charge on any atom is -0.378 e. The van der Waals surface area contributed by atoms with Gasteiger partial charge in [0.05, 0.1) is 24.5 Å². The monoisotopic (exact) mass is 434 g/mol. The van der Waals surface area contributed by atoms with Crippen LogP contribution in [0.25, 0.3) is 11.4 Å². The molecule has 1 aromatic carbocycles. The maximum atomic E-state index is 12.7. The lowest BCUT2D eigenvalue weighted by Crippen LogP contribution is -2.36. The summed E-state index contributed by atoms with van der Waals surface area (Å²) in [6.07, 6.45) is -2.78. The third kappa shape index (κ3) is 4.44. The first-order chi connectivity index (χ1) is 14.4. The van der Waals surface area contributed by atoms with Crippen molar-refractivity contribution < 1.29 is 22.7 Å². The van der Waals surface area contributed by atoms with Gasteiger partial charge >= 0.3 is 6.18 Å². The number of nitrogens with zero attached hydrogens (tertiary/aromatic N) is 3. The van der Waals surface area contributed by atoms with E-state index in [1.165, 1.54) is 11.3 Å². The summed E-state index contributed by atoms with van der Waals surface area (Å²) < 4.78 is 43.6. The molecule has 1 saturated heterocycles. The number of morpholine rings is 1. The maximum Gasteiger partial charge on any atom is 0.416 e. The van der Waals surface area contributed by atoms with E-state index in [0.29, 0.717) is 42.8 Å². The number of amides is 1. The van der Waals surface area contributed by atoms with Crippen LogP contribution in [0.3, 0.4) is 0 Å². The van der Waals surface area contributed by atoms with E-state index in [1.54, 1.807) is 12.3 Å². The van der Waals surface area contributed by atoms with Crippen molar-refractivity contribution in [1.82, 2.24) is 9.97 Å². The molecule has 1 aliphatic heterocycles. The second-order valence-corrected chi connectivity index (χ2v) is 7.49. The molecule has 1 N–H and O–H groups in total. The second-order valence-electron chi connectivity index (χ2n) is 6.52. The number of thiazole rings is 1. The first-order valence-corrected chi connectivity index (χ1v) is 9.97. The fourth-order valence-corrected chi connectivity index (χ4v) is 4.02. The van der Waals surface area contributed by atoms with Crippen molar-refractivity contribution in [2.75, 3.05) is 36.5 Å². The van der Waals surface area contributed by atoms with Crippen LogP contribution in [-0.4, -0.2) is 42.2 Å². The Bertz CT molecular complexity index is 1020. The largest absolute Gasteiger partial charge is 0.416 e. The average Bonchev–Trinajstić information content (AvgIpc) is 3.18. The van der Waals surface area contributed by atoms with Crippen LogP contribution in [0.15, 0.2) is 48.7 Å². The molecule has 1 amide bonds. The summed E-state index contributed by atoms with van der Waals surface area (Å²) >= 11 is 1.30.